The van der Waals surface area contributed by atoms with Crippen molar-refractivity contribution >= 4 is 16.8 Å². The Kier molecular flexibility index (Phi) is 4.09. The van der Waals surface area contributed by atoms with E-state index in [4.69, 9.17) is 11.6 Å². The van der Waals surface area contributed by atoms with Crippen molar-refractivity contribution in [3.8, 4) is 0 Å². The summed E-state index contributed by atoms with van der Waals surface area (Å²) in [5.41, 5.74) is 0.0408. The lowest BCUT2D eigenvalue weighted by molar-refractivity contribution is 0.107. The maximum atomic E-state index is 11.9. The van der Waals surface area contributed by atoms with E-state index in [0.717, 1.165) is 6.42 Å². The molecular weight excluding hydrogens is 240 g/mol. The number of hydrogen-bond donors (Lipinski definition) is 0. The van der Waals surface area contributed by atoms with Gasteiger partial charge in [-0.25, -0.2) is 4.68 Å². The van der Waals surface area contributed by atoms with Crippen LogP contribution < -0.4 is 5.56 Å². The molecule has 1 heterocycles. The number of carbonyl (C=O) groups is 1. The van der Waals surface area contributed by atoms with Gasteiger partial charge < -0.3 is 0 Å². The highest BCUT2D eigenvalue weighted by Gasteiger charge is 2.21. The summed E-state index contributed by atoms with van der Waals surface area (Å²) in [6.07, 6.45) is 0.774. The van der Waals surface area contributed by atoms with Gasteiger partial charge in [0.2, 0.25) is 0 Å². The normalized spacial score (nSPS) is 11.6. The van der Waals surface area contributed by atoms with Crippen molar-refractivity contribution in [2.45, 2.75) is 46.1 Å². The van der Waals surface area contributed by atoms with Crippen LogP contribution in [0.1, 0.15) is 50.2 Å². The third-order valence-electron chi connectivity index (χ3n) is 2.39. The van der Waals surface area contributed by atoms with Gasteiger partial charge in [0.25, 0.3) is 10.8 Å². The zero-order valence-corrected chi connectivity index (χ0v) is 11.3. The van der Waals surface area contributed by atoms with E-state index < -0.39 is 10.8 Å². The fourth-order valence-electron chi connectivity index (χ4n) is 1.41. The number of hydrogen-bond acceptors (Lipinski definition) is 3. The van der Waals surface area contributed by atoms with Gasteiger partial charge in [-0.15, -0.1) is 0 Å². The molecule has 0 spiro atoms. The van der Waals surface area contributed by atoms with Crippen molar-refractivity contribution in [3.05, 3.63) is 27.7 Å². The molecule has 0 amide bonds. The minimum Gasteiger partial charge on any atom is -0.275 e. The van der Waals surface area contributed by atoms with Crippen LogP contribution in [0.5, 0.6) is 0 Å². The molecule has 94 valence electrons. The fraction of sp³-hybridized carbons (Fsp3) is 0.583. The molecule has 0 radical (unpaired) electrons. The summed E-state index contributed by atoms with van der Waals surface area (Å²) >= 11 is 5.42. The molecule has 0 aliphatic carbocycles. The summed E-state index contributed by atoms with van der Waals surface area (Å²) in [6.45, 7) is 8.34. The molecule has 0 saturated heterocycles. The van der Waals surface area contributed by atoms with Gasteiger partial charge in [-0.3, -0.25) is 9.59 Å². The van der Waals surface area contributed by atoms with Crippen molar-refractivity contribution in [3.63, 3.8) is 0 Å². The maximum Gasteiger partial charge on any atom is 0.278 e. The number of aromatic nitrogens is 2. The Hall–Kier alpha value is -1.16. The van der Waals surface area contributed by atoms with E-state index in [1.54, 1.807) is 0 Å². The number of carbonyl (C=O) groups excluding carboxylic acids is 1. The van der Waals surface area contributed by atoms with E-state index in [2.05, 4.69) is 5.10 Å². The van der Waals surface area contributed by atoms with E-state index in [1.807, 2.05) is 27.7 Å². The fourth-order valence-corrected chi connectivity index (χ4v) is 1.55. The van der Waals surface area contributed by atoms with Gasteiger partial charge in [-0.2, -0.15) is 5.10 Å². The maximum absolute atomic E-state index is 11.9. The van der Waals surface area contributed by atoms with Crippen LogP contribution in [-0.4, -0.2) is 15.0 Å². The standard InChI is InChI=1S/C12H17ClN2O2/c1-5-6-15-11(17)8(10(13)16)7-9(14-15)12(2,3)4/h7H,5-6H2,1-4H3. The third kappa shape index (κ3) is 3.16. The molecule has 1 rings (SSSR count). The van der Waals surface area contributed by atoms with Crippen LogP contribution in [0, 0.1) is 0 Å². The molecule has 4 nitrogen and oxygen atoms in total. The van der Waals surface area contributed by atoms with Gasteiger partial charge in [0.05, 0.1) is 5.69 Å². The number of aryl methyl sites for hydroxylation is 1. The molecule has 1 aromatic heterocycles. The van der Waals surface area contributed by atoms with E-state index in [0.29, 0.717) is 12.2 Å². The number of halogens is 1. The number of nitrogens with zero attached hydrogens (tertiary/aromatic N) is 2. The average Bonchev–Trinajstić information content (AvgIpc) is 2.19. The van der Waals surface area contributed by atoms with Gasteiger partial charge in [0, 0.05) is 12.0 Å². The van der Waals surface area contributed by atoms with Crippen LogP contribution in [0.3, 0.4) is 0 Å². The first-order valence-electron chi connectivity index (χ1n) is 5.60. The summed E-state index contributed by atoms with van der Waals surface area (Å²) in [6, 6.07) is 1.49. The van der Waals surface area contributed by atoms with Crippen LogP contribution >= 0.6 is 11.6 Å². The molecule has 0 fully saturated rings. The number of rotatable bonds is 3. The first-order valence-corrected chi connectivity index (χ1v) is 5.97. The average molecular weight is 257 g/mol. The van der Waals surface area contributed by atoms with Gasteiger partial charge in [-0.1, -0.05) is 27.7 Å². The van der Waals surface area contributed by atoms with E-state index >= 15 is 0 Å². The van der Waals surface area contributed by atoms with E-state index in [-0.39, 0.29) is 11.0 Å². The lowest BCUT2D eigenvalue weighted by Crippen LogP contribution is -2.31. The Bertz CT molecular complexity index is 486. The topological polar surface area (TPSA) is 52.0 Å². The Balaban J connectivity index is 3.48. The summed E-state index contributed by atoms with van der Waals surface area (Å²) < 4.78 is 1.32. The summed E-state index contributed by atoms with van der Waals surface area (Å²) in [5.74, 6) is 0. The largest absolute Gasteiger partial charge is 0.278 e. The Morgan fingerprint density at radius 3 is 2.47 bits per heavy atom. The van der Waals surface area contributed by atoms with Crippen LogP contribution in [-0.2, 0) is 12.0 Å². The monoisotopic (exact) mass is 256 g/mol. The molecule has 0 unspecified atom stereocenters. The van der Waals surface area contributed by atoms with Crippen molar-refractivity contribution in [2.24, 2.45) is 0 Å². The molecule has 0 aromatic carbocycles. The van der Waals surface area contributed by atoms with Crippen molar-refractivity contribution < 1.29 is 4.79 Å². The predicted octanol–water partition coefficient (Wildman–Crippen LogP) is 2.33. The quantitative estimate of drug-likeness (QED) is 0.780. The molecule has 0 N–H and O–H groups in total. The predicted molar refractivity (Wildman–Crippen MR) is 67.7 cm³/mol. The molecule has 5 heteroatoms. The molecule has 0 aliphatic rings. The Morgan fingerprint density at radius 2 is 2.06 bits per heavy atom. The van der Waals surface area contributed by atoms with E-state index in [1.165, 1.54) is 10.7 Å². The van der Waals surface area contributed by atoms with Gasteiger partial charge in [-0.05, 0) is 24.1 Å². The van der Waals surface area contributed by atoms with Crippen LogP contribution in [0.2, 0.25) is 0 Å². The molecule has 1 aromatic rings. The molecular formula is C12H17ClN2O2. The van der Waals surface area contributed by atoms with Gasteiger partial charge in [0.1, 0.15) is 5.56 Å². The smallest absolute Gasteiger partial charge is 0.275 e. The third-order valence-corrected chi connectivity index (χ3v) is 2.59. The van der Waals surface area contributed by atoms with Gasteiger partial charge >= 0.3 is 0 Å². The highest BCUT2D eigenvalue weighted by molar-refractivity contribution is 6.67. The Morgan fingerprint density at radius 1 is 1.47 bits per heavy atom. The van der Waals surface area contributed by atoms with E-state index in [9.17, 15) is 9.59 Å². The lowest BCUT2D eigenvalue weighted by Gasteiger charge is -2.19. The lowest BCUT2D eigenvalue weighted by atomic mass is 9.91. The zero-order chi connectivity index (χ0) is 13.2. The second-order valence-corrected chi connectivity index (χ2v) is 5.34. The second-order valence-electron chi connectivity index (χ2n) is 5.00. The molecule has 17 heavy (non-hydrogen) atoms. The van der Waals surface area contributed by atoms with Crippen molar-refractivity contribution in [2.75, 3.05) is 0 Å². The highest BCUT2D eigenvalue weighted by atomic mass is 35.5. The summed E-state index contributed by atoms with van der Waals surface area (Å²) in [7, 11) is 0. The first-order chi connectivity index (χ1) is 7.77. The minimum atomic E-state index is -0.729. The summed E-state index contributed by atoms with van der Waals surface area (Å²) in [5, 5.41) is 3.54. The van der Waals surface area contributed by atoms with Crippen LogP contribution in [0.15, 0.2) is 10.9 Å². The summed E-state index contributed by atoms with van der Waals surface area (Å²) in [4.78, 5) is 23.1. The Labute approximate surface area is 106 Å². The van der Waals surface area contributed by atoms with Gasteiger partial charge in [0.15, 0.2) is 0 Å². The molecule has 0 atom stereocenters. The molecule has 0 bridgehead atoms. The first kappa shape index (κ1) is 13.9. The second kappa shape index (κ2) is 5.00. The minimum absolute atomic E-state index is 0.0000386. The SMILES string of the molecule is CCCn1nc(C(C)(C)C)cc(C(=O)Cl)c1=O. The molecule has 0 saturated carbocycles. The van der Waals surface area contributed by atoms with Crippen molar-refractivity contribution in [1.82, 2.24) is 9.78 Å². The van der Waals surface area contributed by atoms with Crippen LogP contribution in [0.4, 0.5) is 0 Å². The molecule has 0 aliphatic heterocycles. The highest BCUT2D eigenvalue weighted by Crippen LogP contribution is 2.19. The zero-order valence-electron chi connectivity index (χ0n) is 10.6. The van der Waals surface area contributed by atoms with Crippen LogP contribution in [0.25, 0.3) is 0 Å². The van der Waals surface area contributed by atoms with Crippen molar-refractivity contribution in [1.29, 1.82) is 0 Å².